The summed E-state index contributed by atoms with van der Waals surface area (Å²) in [6.07, 6.45) is 1.78. The van der Waals surface area contributed by atoms with E-state index in [-0.39, 0.29) is 18.0 Å². The Morgan fingerprint density at radius 2 is 2.13 bits per heavy atom. The van der Waals surface area contributed by atoms with Gasteiger partial charge in [0.05, 0.1) is 31.8 Å². The molecule has 2 aliphatic rings. The quantitative estimate of drug-likeness (QED) is 0.899. The minimum Gasteiger partial charge on any atom is -0.389 e. The van der Waals surface area contributed by atoms with Crippen LogP contribution < -0.4 is 0 Å². The van der Waals surface area contributed by atoms with Gasteiger partial charge in [0.1, 0.15) is 0 Å². The zero-order chi connectivity index (χ0) is 16.4. The summed E-state index contributed by atoms with van der Waals surface area (Å²) in [6.45, 7) is 5.28. The van der Waals surface area contributed by atoms with Crippen LogP contribution in [0.1, 0.15) is 22.6 Å². The first-order valence-corrected chi connectivity index (χ1v) is 9.19. The molecule has 6 heteroatoms. The Morgan fingerprint density at radius 1 is 1.39 bits per heavy atom. The van der Waals surface area contributed by atoms with Crippen LogP contribution in [-0.2, 0) is 16.0 Å². The number of aliphatic hydroxyl groups excluding tert-OH is 1. The maximum Gasteiger partial charge on any atom is 0.227 e. The number of thiophene rings is 1. The second kappa shape index (κ2) is 7.30. The number of rotatable bonds is 4. The summed E-state index contributed by atoms with van der Waals surface area (Å²) in [5, 5.41) is 10.7. The SMILES string of the molecule is Cc1ccc(CC(=O)N(C)[C@@H]2CC[C@@H](N3CCOCC3)[C@@H]2O)s1. The van der Waals surface area contributed by atoms with Crippen molar-refractivity contribution in [1.29, 1.82) is 0 Å². The lowest BCUT2D eigenvalue weighted by Gasteiger charge is -2.36. The second-order valence-electron chi connectivity index (χ2n) is 6.54. The van der Waals surface area contributed by atoms with Crippen LogP contribution in [0.25, 0.3) is 0 Å². The number of carbonyl (C=O) groups is 1. The Kier molecular flexibility index (Phi) is 5.36. The van der Waals surface area contributed by atoms with Gasteiger partial charge in [-0.1, -0.05) is 0 Å². The maximum absolute atomic E-state index is 12.5. The van der Waals surface area contributed by atoms with Crippen molar-refractivity contribution in [3.05, 3.63) is 21.9 Å². The maximum atomic E-state index is 12.5. The van der Waals surface area contributed by atoms with Gasteiger partial charge in [0.15, 0.2) is 0 Å². The summed E-state index contributed by atoms with van der Waals surface area (Å²) in [5.74, 6) is 0.0959. The summed E-state index contributed by atoms with van der Waals surface area (Å²) < 4.78 is 5.39. The lowest BCUT2D eigenvalue weighted by Crippen LogP contribution is -2.52. The smallest absolute Gasteiger partial charge is 0.227 e. The first-order chi connectivity index (χ1) is 11.1. The monoisotopic (exact) mass is 338 g/mol. The lowest BCUT2D eigenvalue weighted by molar-refractivity contribution is -0.133. The summed E-state index contributed by atoms with van der Waals surface area (Å²) >= 11 is 1.67. The van der Waals surface area contributed by atoms with Gasteiger partial charge in [0.2, 0.25) is 5.91 Å². The third kappa shape index (κ3) is 3.76. The molecule has 2 fully saturated rings. The average Bonchev–Trinajstić information content (AvgIpc) is 3.13. The first-order valence-electron chi connectivity index (χ1n) is 8.37. The fraction of sp³-hybridized carbons (Fsp3) is 0.706. The van der Waals surface area contributed by atoms with Crippen LogP contribution >= 0.6 is 11.3 Å². The van der Waals surface area contributed by atoms with Crippen LogP contribution in [0.2, 0.25) is 0 Å². The van der Waals surface area contributed by atoms with Gasteiger partial charge in [0.25, 0.3) is 0 Å². The van der Waals surface area contributed by atoms with Crippen molar-refractivity contribution in [2.75, 3.05) is 33.4 Å². The van der Waals surface area contributed by atoms with Crippen LogP contribution in [0.3, 0.4) is 0 Å². The zero-order valence-corrected chi connectivity index (χ0v) is 14.7. The molecule has 5 nitrogen and oxygen atoms in total. The van der Waals surface area contributed by atoms with Crippen LogP contribution in [0.15, 0.2) is 12.1 Å². The number of hydrogen-bond acceptors (Lipinski definition) is 5. The number of amides is 1. The molecule has 1 saturated heterocycles. The highest BCUT2D eigenvalue weighted by molar-refractivity contribution is 7.12. The highest BCUT2D eigenvalue weighted by atomic mass is 32.1. The molecular weight excluding hydrogens is 312 g/mol. The molecule has 1 amide bonds. The number of ether oxygens (including phenoxy) is 1. The van der Waals surface area contributed by atoms with Crippen molar-refractivity contribution in [3.63, 3.8) is 0 Å². The van der Waals surface area contributed by atoms with E-state index in [0.29, 0.717) is 6.42 Å². The largest absolute Gasteiger partial charge is 0.389 e. The van der Waals surface area contributed by atoms with Gasteiger partial charge >= 0.3 is 0 Å². The highest BCUT2D eigenvalue weighted by Crippen LogP contribution is 2.29. The fourth-order valence-electron chi connectivity index (χ4n) is 3.71. The van der Waals surface area contributed by atoms with Crippen molar-refractivity contribution < 1.29 is 14.6 Å². The topological polar surface area (TPSA) is 53.0 Å². The lowest BCUT2D eigenvalue weighted by atomic mass is 10.1. The first kappa shape index (κ1) is 16.9. The zero-order valence-electron chi connectivity index (χ0n) is 13.9. The molecule has 0 bridgehead atoms. The van der Waals surface area contributed by atoms with E-state index in [1.165, 1.54) is 4.88 Å². The van der Waals surface area contributed by atoms with Crippen LogP contribution in [0, 0.1) is 6.92 Å². The number of morpholine rings is 1. The summed E-state index contributed by atoms with van der Waals surface area (Å²) in [4.78, 5) is 18.9. The standard InChI is InChI=1S/C17H26N2O3S/c1-12-3-4-13(23-12)11-16(20)18(2)14-5-6-15(17(14)21)19-7-9-22-10-8-19/h3-4,14-15,17,21H,5-11H2,1-2H3/t14-,15-,17-/m1/s1. The summed E-state index contributed by atoms with van der Waals surface area (Å²) in [7, 11) is 1.83. The van der Waals surface area contributed by atoms with Crippen molar-refractivity contribution in [1.82, 2.24) is 9.80 Å². The van der Waals surface area contributed by atoms with Crippen molar-refractivity contribution in [2.45, 2.75) is 44.4 Å². The van der Waals surface area contributed by atoms with Gasteiger partial charge < -0.3 is 14.7 Å². The van der Waals surface area contributed by atoms with E-state index in [1.54, 1.807) is 16.2 Å². The molecule has 1 aliphatic carbocycles. The van der Waals surface area contributed by atoms with Gasteiger partial charge in [-0.2, -0.15) is 0 Å². The van der Waals surface area contributed by atoms with E-state index >= 15 is 0 Å². The Hall–Kier alpha value is -0.950. The molecule has 2 heterocycles. The molecule has 0 radical (unpaired) electrons. The number of likely N-dealkylation sites (N-methyl/N-ethyl adjacent to an activating group) is 1. The molecule has 128 valence electrons. The third-order valence-corrected chi connectivity index (χ3v) is 6.07. The van der Waals surface area contributed by atoms with E-state index in [1.807, 2.05) is 19.2 Å². The summed E-state index contributed by atoms with van der Waals surface area (Å²) in [6, 6.07) is 4.15. The van der Waals surface area contributed by atoms with Gasteiger partial charge in [0, 0.05) is 35.9 Å². The normalized spacial score (nSPS) is 28.9. The molecule has 0 aromatic carbocycles. The molecule has 23 heavy (non-hydrogen) atoms. The third-order valence-electron chi connectivity index (χ3n) is 5.07. The van der Waals surface area contributed by atoms with Gasteiger partial charge in [-0.05, 0) is 31.9 Å². The second-order valence-corrected chi connectivity index (χ2v) is 7.92. The Morgan fingerprint density at radius 3 is 2.78 bits per heavy atom. The molecule has 1 aromatic rings. The van der Waals surface area contributed by atoms with Crippen LogP contribution in [0.5, 0.6) is 0 Å². The molecule has 0 spiro atoms. The van der Waals surface area contributed by atoms with E-state index in [4.69, 9.17) is 4.74 Å². The van der Waals surface area contributed by atoms with E-state index in [0.717, 1.165) is 44.0 Å². The minimum absolute atomic E-state index is 0.0728. The number of aryl methyl sites for hydroxylation is 1. The number of carbonyl (C=O) groups excluding carboxylic acids is 1. The minimum atomic E-state index is -0.466. The molecule has 1 aliphatic heterocycles. The van der Waals surface area contributed by atoms with Crippen LogP contribution in [0.4, 0.5) is 0 Å². The van der Waals surface area contributed by atoms with Crippen LogP contribution in [-0.4, -0.2) is 72.4 Å². The molecule has 0 unspecified atom stereocenters. The Labute approximate surface area is 141 Å². The molecule has 1 saturated carbocycles. The van der Waals surface area contributed by atoms with Gasteiger partial charge in [-0.3, -0.25) is 9.69 Å². The molecule has 1 aromatic heterocycles. The Balaban J connectivity index is 1.58. The van der Waals surface area contributed by atoms with Crippen molar-refractivity contribution in [2.24, 2.45) is 0 Å². The van der Waals surface area contributed by atoms with Gasteiger partial charge in [-0.15, -0.1) is 11.3 Å². The fourth-order valence-corrected chi connectivity index (χ4v) is 4.59. The molecular formula is C17H26N2O3S. The predicted molar refractivity (Wildman–Crippen MR) is 90.7 cm³/mol. The van der Waals surface area contributed by atoms with E-state index in [9.17, 15) is 9.90 Å². The molecule has 1 N–H and O–H groups in total. The van der Waals surface area contributed by atoms with E-state index in [2.05, 4.69) is 11.8 Å². The number of hydrogen-bond donors (Lipinski definition) is 1. The van der Waals surface area contributed by atoms with E-state index < -0.39 is 6.10 Å². The predicted octanol–water partition coefficient (Wildman–Crippen LogP) is 1.28. The van der Waals surface area contributed by atoms with Crippen molar-refractivity contribution >= 4 is 17.2 Å². The Bertz CT molecular complexity index is 542. The van der Waals surface area contributed by atoms with Crippen molar-refractivity contribution in [3.8, 4) is 0 Å². The highest BCUT2D eigenvalue weighted by Gasteiger charge is 2.41. The van der Waals surface area contributed by atoms with Gasteiger partial charge in [-0.25, -0.2) is 0 Å². The summed E-state index contributed by atoms with van der Waals surface area (Å²) in [5.41, 5.74) is 0. The molecule has 3 atom stereocenters. The number of aliphatic hydroxyl groups is 1. The molecule has 3 rings (SSSR count). The average molecular weight is 338 g/mol. The number of nitrogens with zero attached hydrogens (tertiary/aromatic N) is 2.